The number of hydrogen-bond acceptors (Lipinski definition) is 4. The molecule has 0 aliphatic carbocycles. The van der Waals surface area contributed by atoms with Crippen molar-refractivity contribution in [2.24, 2.45) is 5.16 Å². The van der Waals surface area contributed by atoms with Crippen molar-refractivity contribution in [3.8, 4) is 0 Å². The second kappa shape index (κ2) is 5.52. The zero-order valence-electron chi connectivity index (χ0n) is 6.53. The van der Waals surface area contributed by atoms with Crippen molar-refractivity contribution >= 4 is 11.9 Å². The van der Waals surface area contributed by atoms with Crippen LogP contribution in [0.4, 0.5) is 0 Å². The predicted molar refractivity (Wildman–Crippen MR) is 38.3 cm³/mol. The highest BCUT2D eigenvalue weighted by molar-refractivity contribution is 5.72. The van der Waals surface area contributed by atoms with Gasteiger partial charge >= 0.3 is 5.97 Å². The highest BCUT2D eigenvalue weighted by atomic mass is 16.7. The summed E-state index contributed by atoms with van der Waals surface area (Å²) in [7, 11) is 0. The van der Waals surface area contributed by atoms with Gasteiger partial charge in [-0.05, 0) is 6.92 Å². The van der Waals surface area contributed by atoms with Gasteiger partial charge in [0.15, 0.2) is 0 Å². The van der Waals surface area contributed by atoms with Crippen molar-refractivity contribution < 1.29 is 19.5 Å². The topological polar surface area (TPSA) is 68.1 Å². The van der Waals surface area contributed by atoms with Gasteiger partial charge in [0, 0.05) is 6.92 Å². The molecule has 0 amide bonds. The maximum absolute atomic E-state index is 9.90. The van der Waals surface area contributed by atoms with Gasteiger partial charge in [-0.2, -0.15) is 0 Å². The van der Waals surface area contributed by atoms with Crippen molar-refractivity contribution in [2.75, 3.05) is 13.2 Å². The van der Waals surface area contributed by atoms with Crippen LogP contribution in [-0.4, -0.2) is 30.2 Å². The molecule has 0 aromatic heterocycles. The minimum Gasteiger partial charge on any atom is -0.479 e. The lowest BCUT2D eigenvalue weighted by Gasteiger charge is -1.99. The Bertz CT molecular complexity index is 155. The molecule has 1 N–H and O–H groups in total. The Hall–Kier alpha value is -1.26. The average Bonchev–Trinajstić information content (AvgIpc) is 1.87. The number of rotatable bonds is 4. The van der Waals surface area contributed by atoms with E-state index in [1.165, 1.54) is 0 Å². The molecule has 0 fully saturated rings. The van der Waals surface area contributed by atoms with E-state index in [-0.39, 0.29) is 0 Å². The molecule has 11 heavy (non-hydrogen) atoms. The summed E-state index contributed by atoms with van der Waals surface area (Å²) < 4.78 is 4.86. The van der Waals surface area contributed by atoms with E-state index in [4.69, 9.17) is 9.84 Å². The predicted octanol–water partition coefficient (Wildman–Crippen LogP) is 0.457. The van der Waals surface area contributed by atoms with Crippen LogP contribution in [0.25, 0.3) is 0 Å². The molecular weight excluding hydrogens is 150 g/mol. The maximum atomic E-state index is 9.90. The van der Waals surface area contributed by atoms with E-state index in [1.807, 2.05) is 0 Å². The van der Waals surface area contributed by atoms with Gasteiger partial charge in [0.25, 0.3) is 0 Å². The molecular formula is C6H11NO4. The summed E-state index contributed by atoms with van der Waals surface area (Å²) in [5.74, 6) is -0.730. The number of ether oxygens (including phenoxy) is 1. The first-order chi connectivity index (χ1) is 5.16. The normalized spacial score (nSPS) is 10.9. The highest BCUT2D eigenvalue weighted by Crippen LogP contribution is 1.83. The van der Waals surface area contributed by atoms with E-state index in [9.17, 15) is 4.79 Å². The van der Waals surface area contributed by atoms with Gasteiger partial charge in [-0.25, -0.2) is 4.79 Å². The van der Waals surface area contributed by atoms with Crippen molar-refractivity contribution in [1.82, 2.24) is 0 Å². The Morgan fingerprint density at radius 1 is 1.64 bits per heavy atom. The van der Waals surface area contributed by atoms with Gasteiger partial charge in [-0.1, -0.05) is 5.16 Å². The van der Waals surface area contributed by atoms with Gasteiger partial charge in [0.05, 0.1) is 6.61 Å². The Morgan fingerprint density at radius 3 is 2.73 bits per heavy atom. The fraction of sp³-hybridized carbons (Fsp3) is 0.667. The summed E-state index contributed by atoms with van der Waals surface area (Å²) in [5.41, 5.74) is 0. The summed E-state index contributed by atoms with van der Waals surface area (Å²) in [6.45, 7) is 3.44. The van der Waals surface area contributed by atoms with E-state index in [0.717, 1.165) is 0 Å². The number of hydrogen-bond donors (Lipinski definition) is 1. The molecule has 0 aliphatic rings. The standard InChI is InChI=1S/C6H11NO4/c1-3-10-5(2)7-11-4-6(8)9/h3-4H2,1-2H3,(H,8,9)/b7-5+. The number of oxime groups is 1. The van der Waals surface area contributed by atoms with Crippen LogP contribution in [-0.2, 0) is 14.4 Å². The van der Waals surface area contributed by atoms with Crippen LogP contribution < -0.4 is 0 Å². The lowest BCUT2D eigenvalue weighted by molar-refractivity contribution is -0.142. The first-order valence-electron chi connectivity index (χ1n) is 3.18. The Morgan fingerprint density at radius 2 is 2.27 bits per heavy atom. The van der Waals surface area contributed by atoms with Gasteiger partial charge < -0.3 is 14.7 Å². The Labute approximate surface area is 64.6 Å². The van der Waals surface area contributed by atoms with Gasteiger partial charge in [-0.3, -0.25) is 0 Å². The minimum atomic E-state index is -1.06. The monoisotopic (exact) mass is 161 g/mol. The third kappa shape index (κ3) is 6.63. The molecule has 0 rings (SSSR count). The Balaban J connectivity index is 3.47. The first-order valence-corrected chi connectivity index (χ1v) is 3.18. The molecule has 5 nitrogen and oxygen atoms in total. The maximum Gasteiger partial charge on any atom is 0.344 e. The molecule has 0 aromatic carbocycles. The molecule has 64 valence electrons. The van der Waals surface area contributed by atoms with Crippen molar-refractivity contribution in [3.63, 3.8) is 0 Å². The first kappa shape index (κ1) is 9.74. The highest BCUT2D eigenvalue weighted by Gasteiger charge is 1.95. The summed E-state index contributed by atoms with van der Waals surface area (Å²) in [6, 6.07) is 0. The van der Waals surface area contributed by atoms with Crippen molar-refractivity contribution in [2.45, 2.75) is 13.8 Å². The van der Waals surface area contributed by atoms with Crippen LogP contribution in [0.3, 0.4) is 0 Å². The molecule has 0 aromatic rings. The molecule has 0 atom stereocenters. The third-order valence-corrected chi connectivity index (χ3v) is 0.734. The fourth-order valence-electron chi connectivity index (χ4n) is 0.414. The molecule has 0 saturated carbocycles. The van der Waals surface area contributed by atoms with E-state index in [2.05, 4.69) is 9.99 Å². The van der Waals surface area contributed by atoms with Crippen molar-refractivity contribution in [1.29, 1.82) is 0 Å². The summed E-state index contributed by atoms with van der Waals surface area (Å²) in [5, 5.41) is 11.5. The average molecular weight is 161 g/mol. The van der Waals surface area contributed by atoms with E-state index in [1.54, 1.807) is 13.8 Å². The van der Waals surface area contributed by atoms with Crippen LogP contribution in [0.1, 0.15) is 13.8 Å². The molecule has 0 spiro atoms. The number of carboxylic acids is 1. The molecule has 0 bridgehead atoms. The summed E-state index contributed by atoms with van der Waals surface area (Å²) in [6.07, 6.45) is 0. The molecule has 5 heteroatoms. The molecule has 0 heterocycles. The lowest BCUT2D eigenvalue weighted by atomic mass is 10.7. The quantitative estimate of drug-likeness (QED) is 0.369. The molecule has 0 unspecified atom stereocenters. The number of aliphatic carboxylic acids is 1. The zero-order valence-corrected chi connectivity index (χ0v) is 6.53. The summed E-state index contributed by atoms with van der Waals surface area (Å²) in [4.78, 5) is 14.3. The van der Waals surface area contributed by atoms with Gasteiger partial charge in [-0.15, -0.1) is 0 Å². The van der Waals surface area contributed by atoms with Crippen LogP contribution in [0, 0.1) is 0 Å². The van der Waals surface area contributed by atoms with Crippen LogP contribution in [0.15, 0.2) is 5.16 Å². The largest absolute Gasteiger partial charge is 0.479 e. The Kier molecular flexibility index (Phi) is 4.89. The van der Waals surface area contributed by atoms with Crippen LogP contribution >= 0.6 is 0 Å². The van der Waals surface area contributed by atoms with E-state index >= 15 is 0 Å². The molecule has 0 aliphatic heterocycles. The molecule has 0 radical (unpaired) electrons. The lowest BCUT2D eigenvalue weighted by Crippen LogP contribution is -2.06. The van der Waals surface area contributed by atoms with Crippen LogP contribution in [0.2, 0.25) is 0 Å². The summed E-state index contributed by atoms with van der Waals surface area (Å²) >= 11 is 0. The second-order valence-electron chi connectivity index (χ2n) is 1.71. The number of carboxylic acid groups (broad SMARTS) is 1. The van der Waals surface area contributed by atoms with E-state index < -0.39 is 12.6 Å². The fourth-order valence-corrected chi connectivity index (χ4v) is 0.414. The second-order valence-corrected chi connectivity index (χ2v) is 1.71. The number of carbonyl (C=O) groups is 1. The molecule has 0 saturated heterocycles. The smallest absolute Gasteiger partial charge is 0.344 e. The van der Waals surface area contributed by atoms with Crippen molar-refractivity contribution in [3.05, 3.63) is 0 Å². The van der Waals surface area contributed by atoms with E-state index in [0.29, 0.717) is 12.5 Å². The van der Waals surface area contributed by atoms with Gasteiger partial charge in [0.1, 0.15) is 0 Å². The van der Waals surface area contributed by atoms with Crippen LogP contribution in [0.5, 0.6) is 0 Å². The SMILES string of the molecule is CCO/C(C)=N/OCC(=O)O. The zero-order chi connectivity index (χ0) is 8.69. The third-order valence-electron chi connectivity index (χ3n) is 0.734. The van der Waals surface area contributed by atoms with Gasteiger partial charge in [0.2, 0.25) is 12.5 Å². The number of nitrogens with zero attached hydrogens (tertiary/aromatic N) is 1. The minimum absolute atomic E-state index is 0.328.